The van der Waals surface area contributed by atoms with E-state index in [2.05, 4.69) is 59.4 Å². The van der Waals surface area contributed by atoms with Gasteiger partial charge in [0.2, 0.25) is 0 Å². The molecule has 1 fully saturated rings. The van der Waals surface area contributed by atoms with Crippen molar-refractivity contribution in [1.29, 1.82) is 0 Å². The van der Waals surface area contributed by atoms with Crippen LogP contribution in [-0.2, 0) is 4.74 Å². The first-order chi connectivity index (χ1) is 8.19. The lowest BCUT2D eigenvalue weighted by Gasteiger charge is -2.41. The summed E-state index contributed by atoms with van der Waals surface area (Å²) in [5.41, 5.74) is 1.27. The van der Waals surface area contributed by atoms with Crippen molar-refractivity contribution in [2.75, 3.05) is 13.1 Å². The van der Waals surface area contributed by atoms with Crippen molar-refractivity contribution in [2.24, 2.45) is 0 Å². The van der Waals surface area contributed by atoms with Gasteiger partial charge in [-0.3, -0.25) is 0 Å². The molecule has 1 N–H and O–H groups in total. The summed E-state index contributed by atoms with van der Waals surface area (Å²) < 4.78 is 7.43. The molecule has 1 aromatic carbocycles. The molecule has 0 amide bonds. The summed E-state index contributed by atoms with van der Waals surface area (Å²) in [5, 5.41) is 3.50. The second kappa shape index (κ2) is 5.51. The van der Waals surface area contributed by atoms with E-state index in [1.165, 1.54) is 5.56 Å². The predicted octanol–water partition coefficient (Wildman–Crippen LogP) is 3.67. The Bertz CT molecular complexity index is 359. The standard InChI is InChI=1S/C14H20BrNO/c1-3-14(4-2)10-16-9-13(17-14)11-5-7-12(15)8-6-11/h5-8,13,16H,3-4,9-10H2,1-2H3. The number of benzene rings is 1. The van der Waals surface area contributed by atoms with Crippen molar-refractivity contribution in [3.05, 3.63) is 34.3 Å². The summed E-state index contributed by atoms with van der Waals surface area (Å²) in [4.78, 5) is 0. The number of hydrogen-bond donors (Lipinski definition) is 1. The minimum absolute atomic E-state index is 0.00991. The molecule has 0 aliphatic carbocycles. The lowest BCUT2D eigenvalue weighted by Crippen LogP contribution is -2.50. The molecule has 0 bridgehead atoms. The molecule has 0 aromatic heterocycles. The van der Waals surface area contributed by atoms with Crippen LogP contribution >= 0.6 is 15.9 Å². The Morgan fingerprint density at radius 2 is 1.94 bits per heavy atom. The minimum atomic E-state index is 0.00991. The van der Waals surface area contributed by atoms with Gasteiger partial charge in [0, 0.05) is 17.6 Å². The molecule has 94 valence electrons. The van der Waals surface area contributed by atoms with E-state index in [4.69, 9.17) is 4.74 Å². The van der Waals surface area contributed by atoms with Crippen molar-refractivity contribution in [3.8, 4) is 0 Å². The smallest absolute Gasteiger partial charge is 0.0957 e. The van der Waals surface area contributed by atoms with Crippen LogP contribution in [0.3, 0.4) is 0 Å². The van der Waals surface area contributed by atoms with Crippen molar-refractivity contribution in [1.82, 2.24) is 5.32 Å². The molecule has 0 saturated carbocycles. The van der Waals surface area contributed by atoms with Gasteiger partial charge in [0.25, 0.3) is 0 Å². The van der Waals surface area contributed by atoms with Crippen molar-refractivity contribution >= 4 is 15.9 Å². The van der Waals surface area contributed by atoms with Crippen LogP contribution in [-0.4, -0.2) is 18.7 Å². The molecule has 1 aliphatic rings. The molecule has 17 heavy (non-hydrogen) atoms. The second-order valence-corrected chi connectivity index (χ2v) is 5.59. The fourth-order valence-electron chi connectivity index (χ4n) is 2.35. The largest absolute Gasteiger partial charge is 0.364 e. The molecule has 1 atom stereocenters. The highest BCUT2D eigenvalue weighted by atomic mass is 79.9. The molecule has 2 nitrogen and oxygen atoms in total. The van der Waals surface area contributed by atoms with Gasteiger partial charge in [0.05, 0.1) is 11.7 Å². The maximum Gasteiger partial charge on any atom is 0.0957 e. The molecule has 1 aliphatic heterocycles. The third-order valence-corrected chi connectivity index (χ3v) is 4.23. The van der Waals surface area contributed by atoms with E-state index >= 15 is 0 Å². The number of morpholine rings is 1. The van der Waals surface area contributed by atoms with Crippen LogP contribution < -0.4 is 5.32 Å². The van der Waals surface area contributed by atoms with Crippen LogP contribution in [0.5, 0.6) is 0 Å². The normalized spacial score (nSPS) is 23.6. The third-order valence-electron chi connectivity index (χ3n) is 3.70. The molecule has 3 heteroatoms. The molecule has 0 spiro atoms. The number of ether oxygens (including phenoxy) is 1. The van der Waals surface area contributed by atoms with Gasteiger partial charge in [0.1, 0.15) is 0 Å². The third kappa shape index (κ3) is 2.90. The summed E-state index contributed by atoms with van der Waals surface area (Å²) in [6.45, 7) is 6.28. The monoisotopic (exact) mass is 297 g/mol. The van der Waals surface area contributed by atoms with Gasteiger partial charge in [-0.05, 0) is 30.5 Å². The molecular weight excluding hydrogens is 278 g/mol. The highest BCUT2D eigenvalue weighted by Gasteiger charge is 2.34. The van der Waals surface area contributed by atoms with E-state index in [1.807, 2.05) is 0 Å². The number of halogens is 1. The van der Waals surface area contributed by atoms with Crippen LogP contribution in [0.2, 0.25) is 0 Å². The maximum atomic E-state index is 6.32. The SMILES string of the molecule is CCC1(CC)CNCC(c2ccc(Br)cc2)O1. The van der Waals surface area contributed by atoms with Gasteiger partial charge in [-0.25, -0.2) is 0 Å². The Morgan fingerprint density at radius 3 is 2.53 bits per heavy atom. The van der Waals surface area contributed by atoms with E-state index in [9.17, 15) is 0 Å². The van der Waals surface area contributed by atoms with Crippen molar-refractivity contribution < 1.29 is 4.74 Å². The first kappa shape index (κ1) is 13.1. The summed E-state index contributed by atoms with van der Waals surface area (Å²) in [5.74, 6) is 0. The zero-order chi connectivity index (χ0) is 12.3. The average molecular weight is 298 g/mol. The van der Waals surface area contributed by atoms with E-state index < -0.39 is 0 Å². The Balaban J connectivity index is 2.14. The Hall–Kier alpha value is -0.380. The van der Waals surface area contributed by atoms with Gasteiger partial charge in [0.15, 0.2) is 0 Å². The molecule has 1 unspecified atom stereocenters. The molecule has 1 saturated heterocycles. The summed E-state index contributed by atoms with van der Waals surface area (Å²) >= 11 is 3.46. The summed E-state index contributed by atoms with van der Waals surface area (Å²) in [6.07, 6.45) is 2.30. The Morgan fingerprint density at radius 1 is 1.29 bits per heavy atom. The Labute approximate surface area is 112 Å². The highest BCUT2D eigenvalue weighted by molar-refractivity contribution is 9.10. The fourth-order valence-corrected chi connectivity index (χ4v) is 2.61. The van der Waals surface area contributed by atoms with Crippen molar-refractivity contribution in [3.63, 3.8) is 0 Å². The van der Waals surface area contributed by atoms with Gasteiger partial charge in [-0.15, -0.1) is 0 Å². The van der Waals surface area contributed by atoms with Crippen LogP contribution in [0.15, 0.2) is 28.7 Å². The number of nitrogens with one attached hydrogen (secondary N) is 1. The molecular formula is C14H20BrNO. The van der Waals surface area contributed by atoms with Crippen molar-refractivity contribution in [2.45, 2.75) is 38.4 Å². The number of hydrogen-bond acceptors (Lipinski definition) is 2. The zero-order valence-electron chi connectivity index (χ0n) is 10.5. The van der Waals surface area contributed by atoms with Crippen LogP contribution in [0, 0.1) is 0 Å². The highest BCUT2D eigenvalue weighted by Crippen LogP contribution is 2.32. The lowest BCUT2D eigenvalue weighted by atomic mass is 9.94. The van der Waals surface area contributed by atoms with Gasteiger partial charge < -0.3 is 10.1 Å². The predicted molar refractivity (Wildman–Crippen MR) is 74.2 cm³/mol. The first-order valence-corrected chi connectivity index (χ1v) is 7.12. The van der Waals surface area contributed by atoms with Gasteiger partial charge >= 0.3 is 0 Å². The van der Waals surface area contributed by atoms with Gasteiger partial charge in [-0.1, -0.05) is 41.9 Å². The number of rotatable bonds is 3. The summed E-state index contributed by atoms with van der Waals surface area (Å²) in [6, 6.07) is 8.43. The van der Waals surface area contributed by atoms with Crippen LogP contribution in [0.4, 0.5) is 0 Å². The molecule has 2 rings (SSSR count). The van der Waals surface area contributed by atoms with Gasteiger partial charge in [-0.2, -0.15) is 0 Å². The lowest BCUT2D eigenvalue weighted by molar-refractivity contribution is -0.122. The van der Waals surface area contributed by atoms with Crippen LogP contribution in [0.25, 0.3) is 0 Å². The molecule has 1 aromatic rings. The summed E-state index contributed by atoms with van der Waals surface area (Å²) in [7, 11) is 0. The molecule has 1 heterocycles. The molecule has 0 radical (unpaired) electrons. The maximum absolute atomic E-state index is 6.32. The Kier molecular flexibility index (Phi) is 4.23. The first-order valence-electron chi connectivity index (χ1n) is 6.33. The second-order valence-electron chi connectivity index (χ2n) is 4.68. The van der Waals surface area contributed by atoms with E-state index in [0.717, 1.165) is 30.4 Å². The van der Waals surface area contributed by atoms with E-state index in [-0.39, 0.29) is 11.7 Å². The minimum Gasteiger partial charge on any atom is -0.364 e. The quantitative estimate of drug-likeness (QED) is 0.919. The fraction of sp³-hybridized carbons (Fsp3) is 0.571. The average Bonchev–Trinajstić information content (AvgIpc) is 2.39. The zero-order valence-corrected chi connectivity index (χ0v) is 12.1. The van der Waals surface area contributed by atoms with E-state index in [1.54, 1.807) is 0 Å². The van der Waals surface area contributed by atoms with E-state index in [0.29, 0.717) is 0 Å². The topological polar surface area (TPSA) is 21.3 Å². The van der Waals surface area contributed by atoms with Crippen LogP contribution in [0.1, 0.15) is 38.4 Å².